The third kappa shape index (κ3) is 3.19. The Balaban J connectivity index is 1.69. The van der Waals surface area contributed by atoms with Crippen LogP contribution in [0.4, 0.5) is 5.69 Å². The number of fused-ring (bicyclic) bond motifs is 1. The first-order valence-corrected chi connectivity index (χ1v) is 7.39. The van der Waals surface area contributed by atoms with Crippen molar-refractivity contribution < 1.29 is 9.53 Å². The standard InChI is InChI=1S/C17H16ClNO2/c18-15-6-2-1-4-14(15)11-21-17(20)13-7-8-16-12(10-13)5-3-9-19-16/h1-2,4,6-8,10,19H,3,5,9,11H2. The first kappa shape index (κ1) is 14.0. The summed E-state index contributed by atoms with van der Waals surface area (Å²) in [5.74, 6) is -0.316. The molecule has 1 aliphatic heterocycles. The lowest BCUT2D eigenvalue weighted by molar-refractivity contribution is 0.0473. The van der Waals surface area contributed by atoms with Gasteiger partial charge in [-0.1, -0.05) is 29.8 Å². The summed E-state index contributed by atoms with van der Waals surface area (Å²) >= 11 is 6.05. The summed E-state index contributed by atoms with van der Waals surface area (Å²) in [6, 6.07) is 13.0. The molecule has 1 aliphatic rings. The van der Waals surface area contributed by atoms with E-state index >= 15 is 0 Å². The van der Waals surface area contributed by atoms with Crippen molar-refractivity contribution in [3.05, 3.63) is 64.2 Å². The second-order valence-corrected chi connectivity index (χ2v) is 5.48. The third-order valence-electron chi connectivity index (χ3n) is 3.60. The van der Waals surface area contributed by atoms with Crippen molar-refractivity contribution in [3.63, 3.8) is 0 Å². The van der Waals surface area contributed by atoms with Gasteiger partial charge in [0.15, 0.2) is 0 Å². The molecule has 0 saturated heterocycles. The van der Waals surface area contributed by atoms with Crippen LogP contribution in [0.2, 0.25) is 5.02 Å². The number of aryl methyl sites for hydroxylation is 1. The van der Waals surface area contributed by atoms with E-state index in [-0.39, 0.29) is 12.6 Å². The molecular formula is C17H16ClNO2. The minimum Gasteiger partial charge on any atom is -0.457 e. The maximum absolute atomic E-state index is 12.1. The number of ether oxygens (including phenoxy) is 1. The second-order valence-electron chi connectivity index (χ2n) is 5.07. The lowest BCUT2D eigenvalue weighted by Gasteiger charge is -2.18. The highest BCUT2D eigenvalue weighted by Gasteiger charge is 2.13. The minimum absolute atomic E-state index is 0.188. The van der Waals surface area contributed by atoms with Gasteiger partial charge in [-0.15, -0.1) is 0 Å². The molecule has 2 aromatic rings. The molecular weight excluding hydrogens is 286 g/mol. The summed E-state index contributed by atoms with van der Waals surface area (Å²) in [5, 5.41) is 3.94. The Bertz CT molecular complexity index is 670. The zero-order valence-electron chi connectivity index (χ0n) is 11.6. The molecule has 1 heterocycles. The highest BCUT2D eigenvalue weighted by Crippen LogP contribution is 2.23. The summed E-state index contributed by atoms with van der Waals surface area (Å²) in [4.78, 5) is 12.1. The summed E-state index contributed by atoms with van der Waals surface area (Å²) in [7, 11) is 0. The van der Waals surface area contributed by atoms with Gasteiger partial charge < -0.3 is 10.1 Å². The smallest absolute Gasteiger partial charge is 0.338 e. The van der Waals surface area contributed by atoms with Crippen LogP contribution in [0.3, 0.4) is 0 Å². The normalized spacial score (nSPS) is 13.2. The van der Waals surface area contributed by atoms with Crippen molar-refractivity contribution in [1.29, 1.82) is 0 Å². The quantitative estimate of drug-likeness (QED) is 0.869. The third-order valence-corrected chi connectivity index (χ3v) is 3.96. The van der Waals surface area contributed by atoms with Crippen molar-refractivity contribution in [2.75, 3.05) is 11.9 Å². The number of hydrogen-bond acceptors (Lipinski definition) is 3. The van der Waals surface area contributed by atoms with Crippen molar-refractivity contribution >= 4 is 23.3 Å². The van der Waals surface area contributed by atoms with Gasteiger partial charge in [-0.2, -0.15) is 0 Å². The van der Waals surface area contributed by atoms with Gasteiger partial charge in [0, 0.05) is 22.8 Å². The molecule has 2 aromatic carbocycles. The molecule has 0 saturated carbocycles. The molecule has 0 aliphatic carbocycles. The minimum atomic E-state index is -0.316. The number of halogens is 1. The van der Waals surface area contributed by atoms with Gasteiger partial charge in [-0.25, -0.2) is 4.79 Å². The lowest BCUT2D eigenvalue weighted by atomic mass is 10.0. The number of benzene rings is 2. The van der Waals surface area contributed by atoms with Crippen LogP contribution in [0.1, 0.15) is 27.9 Å². The van der Waals surface area contributed by atoms with Gasteiger partial charge in [0.25, 0.3) is 0 Å². The molecule has 0 fully saturated rings. The van der Waals surface area contributed by atoms with Crippen LogP contribution in [0, 0.1) is 0 Å². The number of hydrogen-bond donors (Lipinski definition) is 1. The van der Waals surface area contributed by atoms with E-state index in [1.807, 2.05) is 30.3 Å². The summed E-state index contributed by atoms with van der Waals surface area (Å²) in [6.45, 7) is 1.18. The SMILES string of the molecule is O=C(OCc1ccccc1Cl)c1ccc2c(c1)CCCN2. The molecule has 1 N–H and O–H groups in total. The van der Waals surface area contributed by atoms with Crippen LogP contribution in [0.25, 0.3) is 0 Å². The number of carbonyl (C=O) groups excluding carboxylic acids is 1. The van der Waals surface area contributed by atoms with Gasteiger partial charge in [0.1, 0.15) is 6.61 Å². The summed E-state index contributed by atoms with van der Waals surface area (Å²) in [6.07, 6.45) is 2.08. The van der Waals surface area contributed by atoms with Gasteiger partial charge in [-0.3, -0.25) is 0 Å². The fourth-order valence-electron chi connectivity index (χ4n) is 2.44. The molecule has 4 heteroatoms. The average molecular weight is 302 g/mol. The van der Waals surface area contributed by atoms with E-state index in [1.165, 1.54) is 5.56 Å². The van der Waals surface area contributed by atoms with E-state index in [1.54, 1.807) is 12.1 Å². The van der Waals surface area contributed by atoms with Gasteiger partial charge >= 0.3 is 5.97 Å². The first-order chi connectivity index (χ1) is 10.2. The molecule has 0 radical (unpaired) electrons. The van der Waals surface area contributed by atoms with Gasteiger partial charge in [0.2, 0.25) is 0 Å². The Kier molecular flexibility index (Phi) is 4.11. The molecule has 0 amide bonds. The zero-order valence-corrected chi connectivity index (χ0v) is 12.3. The topological polar surface area (TPSA) is 38.3 Å². The van der Waals surface area contributed by atoms with Gasteiger partial charge in [-0.05, 0) is 42.7 Å². The number of anilines is 1. The fourth-order valence-corrected chi connectivity index (χ4v) is 2.63. The molecule has 0 unspecified atom stereocenters. The summed E-state index contributed by atoms with van der Waals surface area (Å²) in [5.41, 5.74) is 3.69. The number of esters is 1. The summed E-state index contributed by atoms with van der Waals surface area (Å²) < 4.78 is 5.34. The van der Waals surface area contributed by atoms with E-state index in [0.29, 0.717) is 10.6 Å². The zero-order chi connectivity index (χ0) is 14.7. The Morgan fingerprint density at radius 1 is 1.24 bits per heavy atom. The molecule has 3 rings (SSSR count). The molecule has 0 atom stereocenters. The molecule has 108 valence electrons. The monoisotopic (exact) mass is 301 g/mol. The van der Waals surface area contributed by atoms with Crippen LogP contribution in [-0.4, -0.2) is 12.5 Å². The molecule has 3 nitrogen and oxygen atoms in total. The van der Waals surface area contributed by atoms with Crippen molar-refractivity contribution in [3.8, 4) is 0 Å². The second kappa shape index (κ2) is 6.19. The predicted octanol–water partition coefficient (Wildman–Crippen LogP) is 4.06. The van der Waals surface area contributed by atoms with E-state index in [2.05, 4.69) is 5.32 Å². The van der Waals surface area contributed by atoms with Crippen LogP contribution in [0.5, 0.6) is 0 Å². The Morgan fingerprint density at radius 2 is 2.10 bits per heavy atom. The molecule has 0 spiro atoms. The van der Waals surface area contributed by atoms with Crippen LogP contribution in [0.15, 0.2) is 42.5 Å². The van der Waals surface area contributed by atoms with Crippen molar-refractivity contribution in [1.82, 2.24) is 0 Å². The van der Waals surface area contributed by atoms with E-state index < -0.39 is 0 Å². The van der Waals surface area contributed by atoms with E-state index in [9.17, 15) is 4.79 Å². The number of rotatable bonds is 3. The lowest BCUT2D eigenvalue weighted by Crippen LogP contribution is -2.13. The van der Waals surface area contributed by atoms with E-state index in [0.717, 1.165) is 30.6 Å². The Labute approximate surface area is 128 Å². The maximum atomic E-state index is 12.1. The Hall–Kier alpha value is -2.00. The van der Waals surface area contributed by atoms with Crippen LogP contribution in [-0.2, 0) is 17.8 Å². The van der Waals surface area contributed by atoms with Crippen LogP contribution >= 0.6 is 11.6 Å². The largest absolute Gasteiger partial charge is 0.457 e. The number of nitrogens with one attached hydrogen (secondary N) is 1. The molecule has 0 bridgehead atoms. The van der Waals surface area contributed by atoms with E-state index in [4.69, 9.17) is 16.3 Å². The van der Waals surface area contributed by atoms with Crippen molar-refractivity contribution in [2.45, 2.75) is 19.4 Å². The van der Waals surface area contributed by atoms with Crippen molar-refractivity contribution in [2.24, 2.45) is 0 Å². The highest BCUT2D eigenvalue weighted by molar-refractivity contribution is 6.31. The molecule has 21 heavy (non-hydrogen) atoms. The number of carbonyl (C=O) groups is 1. The fraction of sp³-hybridized carbons (Fsp3) is 0.235. The first-order valence-electron chi connectivity index (χ1n) is 7.01. The average Bonchev–Trinajstić information content (AvgIpc) is 2.53. The Morgan fingerprint density at radius 3 is 2.95 bits per heavy atom. The highest BCUT2D eigenvalue weighted by atomic mass is 35.5. The van der Waals surface area contributed by atoms with Gasteiger partial charge in [0.05, 0.1) is 5.56 Å². The van der Waals surface area contributed by atoms with Crippen LogP contribution < -0.4 is 5.32 Å². The molecule has 0 aromatic heterocycles. The maximum Gasteiger partial charge on any atom is 0.338 e. The predicted molar refractivity (Wildman–Crippen MR) is 83.8 cm³/mol.